The lowest BCUT2D eigenvalue weighted by molar-refractivity contribution is -0.135. The number of hydrogen-bond donors (Lipinski definition) is 2. The Morgan fingerprint density at radius 3 is 2.74 bits per heavy atom. The van der Waals surface area contributed by atoms with Gasteiger partial charge in [-0.25, -0.2) is 4.98 Å². The van der Waals surface area contributed by atoms with Gasteiger partial charge in [-0.1, -0.05) is 30.3 Å². The van der Waals surface area contributed by atoms with E-state index in [0.717, 1.165) is 17.0 Å². The maximum atomic E-state index is 13.2. The molecule has 3 aromatic rings. The summed E-state index contributed by atoms with van der Waals surface area (Å²) in [4.78, 5) is 44.3. The summed E-state index contributed by atoms with van der Waals surface area (Å²) < 4.78 is 13.4. The van der Waals surface area contributed by atoms with Crippen LogP contribution in [0.5, 0.6) is 11.5 Å². The Morgan fingerprint density at radius 2 is 1.97 bits per heavy atom. The molecule has 4 rings (SSSR count). The fourth-order valence-electron chi connectivity index (χ4n) is 4.36. The first-order chi connectivity index (χ1) is 18.4. The maximum Gasteiger partial charge on any atom is 0.242 e. The minimum atomic E-state index is -0.785. The van der Waals surface area contributed by atoms with Crippen molar-refractivity contribution in [1.29, 1.82) is 0 Å². The number of nitrogens with zero attached hydrogens (tertiary/aromatic N) is 3. The average molecular weight is 520 g/mol. The van der Waals surface area contributed by atoms with Gasteiger partial charge in [0.25, 0.3) is 0 Å². The first kappa shape index (κ1) is 26.7. The van der Waals surface area contributed by atoms with Crippen molar-refractivity contribution >= 4 is 17.7 Å². The first-order valence-electron chi connectivity index (χ1n) is 12.6. The van der Waals surface area contributed by atoms with Crippen LogP contribution in [0.3, 0.4) is 0 Å². The fraction of sp³-hybridized carbons (Fsp3) is 0.357. The Labute approximate surface area is 221 Å². The van der Waals surface area contributed by atoms with Gasteiger partial charge in [0.15, 0.2) is 11.5 Å². The van der Waals surface area contributed by atoms with Gasteiger partial charge in [-0.3, -0.25) is 14.4 Å². The highest BCUT2D eigenvalue weighted by Crippen LogP contribution is 2.32. The van der Waals surface area contributed by atoms with Crippen molar-refractivity contribution in [2.75, 3.05) is 33.4 Å². The van der Waals surface area contributed by atoms with Gasteiger partial charge < -0.3 is 29.6 Å². The molecule has 1 aromatic heterocycles. The molecule has 0 saturated heterocycles. The van der Waals surface area contributed by atoms with Gasteiger partial charge in [-0.05, 0) is 30.2 Å². The third-order valence-corrected chi connectivity index (χ3v) is 6.33. The van der Waals surface area contributed by atoms with Crippen molar-refractivity contribution in [3.8, 4) is 22.9 Å². The summed E-state index contributed by atoms with van der Waals surface area (Å²) in [5.74, 6) is 0.949. The Morgan fingerprint density at radius 1 is 1.16 bits per heavy atom. The number of carbonyl (C=O) groups is 3. The zero-order valence-corrected chi connectivity index (χ0v) is 21.7. The molecule has 10 heteroatoms. The van der Waals surface area contributed by atoms with Crippen LogP contribution in [0.1, 0.15) is 18.9 Å². The van der Waals surface area contributed by atoms with Crippen LogP contribution in [0.2, 0.25) is 0 Å². The molecule has 2 N–H and O–H groups in total. The quantitative estimate of drug-likeness (QED) is 0.547. The number of benzene rings is 2. The zero-order valence-electron chi connectivity index (χ0n) is 21.7. The molecule has 10 nitrogen and oxygen atoms in total. The third kappa shape index (κ3) is 6.90. The first-order valence-corrected chi connectivity index (χ1v) is 12.6. The molecule has 0 unspecified atom stereocenters. The van der Waals surface area contributed by atoms with Crippen LogP contribution in [-0.2, 0) is 27.3 Å². The topological polar surface area (TPSA) is 115 Å². The summed E-state index contributed by atoms with van der Waals surface area (Å²) in [6.07, 6.45) is 4.39. The molecule has 0 spiro atoms. The van der Waals surface area contributed by atoms with Crippen LogP contribution >= 0.6 is 0 Å². The van der Waals surface area contributed by atoms with Crippen LogP contribution in [0, 0.1) is 0 Å². The largest absolute Gasteiger partial charge is 0.493 e. The number of carbonyl (C=O) groups excluding carboxylic acids is 3. The molecule has 1 aliphatic rings. The molecule has 200 valence electrons. The van der Waals surface area contributed by atoms with Crippen molar-refractivity contribution in [3.63, 3.8) is 0 Å². The molecule has 0 fully saturated rings. The summed E-state index contributed by atoms with van der Waals surface area (Å²) in [7, 11) is 1.57. The average Bonchev–Trinajstić information content (AvgIpc) is 3.38. The monoisotopic (exact) mass is 519 g/mol. The molecule has 0 radical (unpaired) electrons. The van der Waals surface area contributed by atoms with Gasteiger partial charge >= 0.3 is 0 Å². The number of aromatic nitrogens is 2. The van der Waals surface area contributed by atoms with E-state index >= 15 is 0 Å². The fourth-order valence-corrected chi connectivity index (χ4v) is 4.36. The normalized spacial score (nSPS) is 17.2. The number of nitrogens with one attached hydrogen (secondary N) is 2. The van der Waals surface area contributed by atoms with Crippen LogP contribution in [0.4, 0.5) is 0 Å². The van der Waals surface area contributed by atoms with E-state index in [-0.39, 0.29) is 18.4 Å². The zero-order chi connectivity index (χ0) is 26.9. The molecule has 2 aromatic carbocycles. The predicted octanol–water partition coefficient (Wildman–Crippen LogP) is 2.03. The number of hydrogen-bond acceptors (Lipinski definition) is 6. The van der Waals surface area contributed by atoms with Crippen LogP contribution in [0.15, 0.2) is 60.9 Å². The molecule has 1 aliphatic heterocycles. The van der Waals surface area contributed by atoms with Crippen LogP contribution in [-0.4, -0.2) is 71.6 Å². The second-order valence-corrected chi connectivity index (χ2v) is 9.05. The molecule has 0 aliphatic carbocycles. The summed E-state index contributed by atoms with van der Waals surface area (Å²) in [6, 6.07) is 14.3. The number of fused-ring (bicyclic) bond motifs is 4. The number of amides is 3. The van der Waals surface area contributed by atoms with E-state index in [4.69, 9.17) is 9.47 Å². The van der Waals surface area contributed by atoms with E-state index in [1.165, 1.54) is 11.8 Å². The van der Waals surface area contributed by atoms with Gasteiger partial charge in [0.05, 0.1) is 20.3 Å². The van der Waals surface area contributed by atoms with Crippen molar-refractivity contribution in [1.82, 2.24) is 25.1 Å². The van der Waals surface area contributed by atoms with Crippen LogP contribution < -0.4 is 20.1 Å². The Bertz CT molecular complexity index is 1260. The molecule has 2 heterocycles. The van der Waals surface area contributed by atoms with E-state index in [1.54, 1.807) is 13.3 Å². The second kappa shape index (κ2) is 12.8. The van der Waals surface area contributed by atoms with Gasteiger partial charge in [-0.2, -0.15) is 0 Å². The molecule has 0 saturated carbocycles. The van der Waals surface area contributed by atoms with E-state index in [2.05, 4.69) is 15.6 Å². The minimum Gasteiger partial charge on any atom is -0.493 e. The van der Waals surface area contributed by atoms with Crippen molar-refractivity contribution < 1.29 is 23.9 Å². The van der Waals surface area contributed by atoms with E-state index in [1.807, 2.05) is 59.3 Å². The van der Waals surface area contributed by atoms with Gasteiger partial charge in [0.2, 0.25) is 17.7 Å². The lowest BCUT2D eigenvalue weighted by Gasteiger charge is -2.24. The Balaban J connectivity index is 1.60. The molecule has 38 heavy (non-hydrogen) atoms. The smallest absolute Gasteiger partial charge is 0.242 e. The van der Waals surface area contributed by atoms with Crippen LogP contribution in [0.25, 0.3) is 11.4 Å². The molecule has 3 amide bonds. The van der Waals surface area contributed by atoms with E-state index in [9.17, 15) is 14.4 Å². The van der Waals surface area contributed by atoms with Gasteiger partial charge in [0, 0.05) is 50.9 Å². The number of methoxy groups -OCH3 is 1. The SMILES string of the molecule is COc1ccc2cc1OCCCN(C(C)=O)CC(=O)N[C@@H](Cc1ccccc1)C(=O)NCCn1ccnc1-2. The van der Waals surface area contributed by atoms with E-state index < -0.39 is 11.9 Å². The summed E-state index contributed by atoms with van der Waals surface area (Å²) in [6.45, 7) is 2.73. The summed E-state index contributed by atoms with van der Waals surface area (Å²) >= 11 is 0. The molecule has 2 bridgehead atoms. The molecule has 1 atom stereocenters. The van der Waals surface area contributed by atoms with Crippen molar-refractivity contribution in [2.45, 2.75) is 32.4 Å². The number of ether oxygens (including phenoxy) is 2. The lowest BCUT2D eigenvalue weighted by atomic mass is 10.1. The number of imidazole rings is 1. The third-order valence-electron chi connectivity index (χ3n) is 6.33. The standard InChI is InChI=1S/C28H33N5O5/c1-20(34)33-13-6-16-38-25-18-22(9-10-24(25)37-2)27-29-11-14-32(27)15-12-30-28(36)23(31-26(35)19-33)17-21-7-4-3-5-8-21/h3-5,7-11,14,18,23H,6,12-13,15-17,19H2,1-2H3,(H,30,36)(H,31,35)/t23-/m0/s1. The summed E-state index contributed by atoms with van der Waals surface area (Å²) in [5, 5.41) is 5.77. The maximum absolute atomic E-state index is 13.2. The summed E-state index contributed by atoms with van der Waals surface area (Å²) in [5.41, 5.74) is 1.76. The number of rotatable bonds is 3. The van der Waals surface area contributed by atoms with Gasteiger partial charge in [-0.15, -0.1) is 0 Å². The highest BCUT2D eigenvalue weighted by Gasteiger charge is 2.23. The van der Waals surface area contributed by atoms with Gasteiger partial charge in [0.1, 0.15) is 11.9 Å². The second-order valence-electron chi connectivity index (χ2n) is 9.05. The van der Waals surface area contributed by atoms with Crippen molar-refractivity contribution in [3.05, 3.63) is 66.5 Å². The Kier molecular flexibility index (Phi) is 8.97. The van der Waals surface area contributed by atoms with E-state index in [0.29, 0.717) is 50.6 Å². The highest BCUT2D eigenvalue weighted by molar-refractivity contribution is 5.90. The Hall–Kier alpha value is -4.34. The molecular weight excluding hydrogens is 486 g/mol. The predicted molar refractivity (Wildman–Crippen MR) is 142 cm³/mol. The lowest BCUT2D eigenvalue weighted by Crippen LogP contribution is -2.51. The van der Waals surface area contributed by atoms with Crippen molar-refractivity contribution in [2.24, 2.45) is 0 Å². The minimum absolute atomic E-state index is 0.148. The highest BCUT2D eigenvalue weighted by atomic mass is 16.5. The molecular formula is C28H33N5O5.